The number of nitrogens with one attached hydrogen (secondary N) is 1. The summed E-state index contributed by atoms with van der Waals surface area (Å²) in [5.41, 5.74) is 2.73. The molecular formula is C13H17N3. The Balaban J connectivity index is 1.99. The molecule has 0 aliphatic heterocycles. The Kier molecular flexibility index (Phi) is 3.34. The number of H-pyrrole nitrogens is 1. The predicted octanol–water partition coefficient (Wildman–Crippen LogP) is 2.46. The summed E-state index contributed by atoms with van der Waals surface area (Å²) in [6.07, 6.45) is 2.84. The van der Waals surface area contributed by atoms with Crippen molar-refractivity contribution < 1.29 is 0 Å². The van der Waals surface area contributed by atoms with Gasteiger partial charge in [0.1, 0.15) is 11.6 Å². The van der Waals surface area contributed by atoms with E-state index in [4.69, 9.17) is 0 Å². The third-order valence-electron chi connectivity index (χ3n) is 2.79. The minimum Gasteiger partial charge on any atom is -0.263 e. The second-order valence-corrected chi connectivity index (χ2v) is 3.98. The van der Waals surface area contributed by atoms with Gasteiger partial charge in [-0.1, -0.05) is 31.2 Å². The Hall–Kier alpha value is -1.64. The van der Waals surface area contributed by atoms with Crippen LogP contribution in [0.1, 0.15) is 29.7 Å². The number of aromatic amines is 1. The molecule has 1 N–H and O–H groups in total. The first kappa shape index (κ1) is 10.9. The highest BCUT2D eigenvalue weighted by atomic mass is 15.2. The second-order valence-electron chi connectivity index (χ2n) is 3.98. The summed E-state index contributed by atoms with van der Waals surface area (Å²) in [6.45, 7) is 4.21. The van der Waals surface area contributed by atoms with Crippen LogP contribution < -0.4 is 0 Å². The van der Waals surface area contributed by atoms with Crippen LogP contribution in [0, 0.1) is 6.92 Å². The molecule has 1 aromatic carbocycles. The summed E-state index contributed by atoms with van der Waals surface area (Å²) >= 11 is 0. The lowest BCUT2D eigenvalue weighted by atomic mass is 10.0. The molecule has 0 radical (unpaired) electrons. The molecule has 0 amide bonds. The van der Waals surface area contributed by atoms with Crippen molar-refractivity contribution in [2.24, 2.45) is 0 Å². The third kappa shape index (κ3) is 2.48. The topological polar surface area (TPSA) is 41.6 Å². The summed E-state index contributed by atoms with van der Waals surface area (Å²) in [5, 5.41) is 7.12. The first-order chi connectivity index (χ1) is 7.79. The first-order valence-corrected chi connectivity index (χ1v) is 5.74. The highest BCUT2D eigenvalue weighted by molar-refractivity contribution is 5.25. The number of benzene rings is 1. The summed E-state index contributed by atoms with van der Waals surface area (Å²) < 4.78 is 0. The molecule has 0 spiro atoms. The molecule has 3 nitrogen and oxygen atoms in total. The fraction of sp³-hybridized carbons (Fsp3) is 0.385. The van der Waals surface area contributed by atoms with E-state index in [1.165, 1.54) is 11.1 Å². The molecule has 2 rings (SSSR count). The van der Waals surface area contributed by atoms with E-state index in [2.05, 4.69) is 53.3 Å². The number of hydrogen-bond acceptors (Lipinski definition) is 2. The van der Waals surface area contributed by atoms with Gasteiger partial charge in [0, 0.05) is 12.8 Å². The lowest BCUT2D eigenvalue weighted by molar-refractivity contribution is 0.860. The normalized spacial score (nSPS) is 10.6. The van der Waals surface area contributed by atoms with Crippen molar-refractivity contribution >= 4 is 0 Å². The van der Waals surface area contributed by atoms with E-state index in [0.29, 0.717) is 0 Å². The smallest absolute Gasteiger partial charge is 0.150 e. The molecule has 0 fully saturated rings. The molecule has 0 bridgehead atoms. The molecule has 0 aliphatic rings. The Bertz CT molecular complexity index is 460. The van der Waals surface area contributed by atoms with Gasteiger partial charge >= 0.3 is 0 Å². The minimum atomic E-state index is 0.890. The van der Waals surface area contributed by atoms with E-state index < -0.39 is 0 Å². The molecule has 3 heteroatoms. The number of aromatic nitrogens is 3. The van der Waals surface area contributed by atoms with Crippen molar-refractivity contribution in [3.63, 3.8) is 0 Å². The number of rotatable bonds is 4. The monoisotopic (exact) mass is 215 g/mol. The first-order valence-electron chi connectivity index (χ1n) is 5.74. The average molecular weight is 215 g/mol. The van der Waals surface area contributed by atoms with Crippen LogP contribution >= 0.6 is 0 Å². The van der Waals surface area contributed by atoms with Crippen LogP contribution in [0.15, 0.2) is 24.3 Å². The van der Waals surface area contributed by atoms with E-state index in [-0.39, 0.29) is 0 Å². The molecule has 0 aliphatic carbocycles. The van der Waals surface area contributed by atoms with Crippen LogP contribution in [0.4, 0.5) is 0 Å². The van der Waals surface area contributed by atoms with Gasteiger partial charge in [0.05, 0.1) is 0 Å². The van der Waals surface area contributed by atoms with Crippen molar-refractivity contribution in [3.8, 4) is 0 Å². The highest BCUT2D eigenvalue weighted by Crippen LogP contribution is 2.09. The Morgan fingerprint density at radius 3 is 2.69 bits per heavy atom. The van der Waals surface area contributed by atoms with Crippen molar-refractivity contribution in [1.29, 1.82) is 0 Å². The van der Waals surface area contributed by atoms with E-state index in [0.717, 1.165) is 30.9 Å². The van der Waals surface area contributed by atoms with Gasteiger partial charge in [-0.25, -0.2) is 4.98 Å². The Morgan fingerprint density at radius 2 is 2.00 bits per heavy atom. The van der Waals surface area contributed by atoms with E-state index in [1.807, 2.05) is 0 Å². The number of aryl methyl sites for hydroxylation is 4. The molecule has 2 aromatic rings. The molecule has 84 valence electrons. The molecule has 1 aromatic heterocycles. The average Bonchev–Trinajstić information content (AvgIpc) is 2.76. The predicted molar refractivity (Wildman–Crippen MR) is 64.3 cm³/mol. The maximum atomic E-state index is 4.41. The van der Waals surface area contributed by atoms with Crippen LogP contribution in [0.2, 0.25) is 0 Å². The fourth-order valence-corrected chi connectivity index (χ4v) is 1.75. The van der Waals surface area contributed by atoms with Crippen molar-refractivity contribution in [1.82, 2.24) is 15.2 Å². The Morgan fingerprint density at radius 1 is 1.19 bits per heavy atom. The SMILES string of the molecule is CCc1n[nH]c(CCc2ccccc2C)n1. The minimum absolute atomic E-state index is 0.890. The molecule has 0 saturated heterocycles. The van der Waals surface area contributed by atoms with E-state index in [9.17, 15) is 0 Å². The molecular weight excluding hydrogens is 198 g/mol. The summed E-state index contributed by atoms with van der Waals surface area (Å²) in [4.78, 5) is 4.41. The van der Waals surface area contributed by atoms with Gasteiger partial charge in [0.15, 0.2) is 0 Å². The van der Waals surface area contributed by atoms with Crippen molar-refractivity contribution in [2.75, 3.05) is 0 Å². The van der Waals surface area contributed by atoms with Gasteiger partial charge in [0.25, 0.3) is 0 Å². The zero-order chi connectivity index (χ0) is 11.4. The number of hydrogen-bond donors (Lipinski definition) is 1. The van der Waals surface area contributed by atoms with Gasteiger partial charge in [-0.15, -0.1) is 0 Å². The molecule has 16 heavy (non-hydrogen) atoms. The lowest BCUT2D eigenvalue weighted by Crippen LogP contribution is -1.95. The molecule has 0 unspecified atom stereocenters. The van der Waals surface area contributed by atoms with Crippen molar-refractivity contribution in [3.05, 3.63) is 47.0 Å². The fourth-order valence-electron chi connectivity index (χ4n) is 1.75. The second kappa shape index (κ2) is 4.92. The van der Waals surface area contributed by atoms with Gasteiger partial charge < -0.3 is 0 Å². The van der Waals surface area contributed by atoms with E-state index in [1.54, 1.807) is 0 Å². The summed E-state index contributed by atoms with van der Waals surface area (Å²) in [7, 11) is 0. The quantitative estimate of drug-likeness (QED) is 0.851. The zero-order valence-electron chi connectivity index (χ0n) is 9.83. The van der Waals surface area contributed by atoms with Crippen LogP contribution in [-0.2, 0) is 19.3 Å². The standard InChI is InChI=1S/C13H17N3/c1-3-12-14-13(16-15-12)9-8-11-7-5-4-6-10(11)2/h4-7H,3,8-9H2,1-2H3,(H,14,15,16). The van der Waals surface area contributed by atoms with Crippen molar-refractivity contribution in [2.45, 2.75) is 33.1 Å². The number of nitrogens with zero attached hydrogens (tertiary/aromatic N) is 2. The summed E-state index contributed by atoms with van der Waals surface area (Å²) in [5.74, 6) is 1.89. The maximum Gasteiger partial charge on any atom is 0.150 e. The van der Waals surface area contributed by atoms with Gasteiger partial charge in [-0.3, -0.25) is 5.10 Å². The highest BCUT2D eigenvalue weighted by Gasteiger charge is 2.02. The lowest BCUT2D eigenvalue weighted by Gasteiger charge is -2.02. The maximum absolute atomic E-state index is 4.41. The van der Waals surface area contributed by atoms with Crippen LogP contribution in [0.25, 0.3) is 0 Å². The van der Waals surface area contributed by atoms with Crippen LogP contribution in [-0.4, -0.2) is 15.2 Å². The Labute approximate surface area is 95.9 Å². The van der Waals surface area contributed by atoms with Crippen LogP contribution in [0.5, 0.6) is 0 Å². The van der Waals surface area contributed by atoms with Gasteiger partial charge in [-0.05, 0) is 24.5 Å². The molecule has 0 saturated carbocycles. The van der Waals surface area contributed by atoms with Crippen LogP contribution in [0.3, 0.4) is 0 Å². The van der Waals surface area contributed by atoms with Gasteiger partial charge in [0.2, 0.25) is 0 Å². The molecule has 0 atom stereocenters. The van der Waals surface area contributed by atoms with E-state index >= 15 is 0 Å². The largest absolute Gasteiger partial charge is 0.263 e. The summed E-state index contributed by atoms with van der Waals surface area (Å²) in [6, 6.07) is 8.47. The third-order valence-corrected chi connectivity index (χ3v) is 2.79. The molecule has 1 heterocycles. The van der Waals surface area contributed by atoms with Gasteiger partial charge in [-0.2, -0.15) is 5.10 Å². The zero-order valence-corrected chi connectivity index (χ0v) is 9.83.